The number of carbonyl (C=O) groups excluding carboxylic acids is 1. The molecule has 1 aromatic heterocycles. The summed E-state index contributed by atoms with van der Waals surface area (Å²) in [7, 11) is -1.01. The van der Waals surface area contributed by atoms with Crippen LogP contribution in [0, 0.1) is 0 Å². The third-order valence-corrected chi connectivity index (χ3v) is 7.29. The summed E-state index contributed by atoms with van der Waals surface area (Å²) in [5.41, 5.74) is 0.822. The molecule has 1 amide bonds. The number of methoxy groups -OCH3 is 2. The van der Waals surface area contributed by atoms with Gasteiger partial charge in [-0.05, 0) is 37.3 Å². The van der Waals surface area contributed by atoms with Crippen molar-refractivity contribution in [2.75, 3.05) is 19.5 Å². The fraction of sp³-hybridized carbons (Fsp3) is 0.211. The number of rotatable bonds is 8. The van der Waals surface area contributed by atoms with Gasteiger partial charge in [-0.2, -0.15) is 0 Å². The Kier molecular flexibility index (Phi) is 7.11. The minimum atomic E-state index is -4.02. The van der Waals surface area contributed by atoms with Crippen molar-refractivity contribution < 1.29 is 22.7 Å². The molecule has 0 aliphatic carbocycles. The molecular formula is C19H19ClN4O5S2. The zero-order valence-corrected chi connectivity index (χ0v) is 19.1. The maximum absolute atomic E-state index is 12.8. The summed E-state index contributed by atoms with van der Waals surface area (Å²) in [5, 5.41) is 10.2. The number of nitrogens with one attached hydrogen (secondary N) is 2. The highest BCUT2D eigenvalue weighted by Gasteiger charge is 2.25. The first-order valence-corrected chi connectivity index (χ1v) is 11.6. The van der Waals surface area contributed by atoms with Crippen molar-refractivity contribution in [2.24, 2.45) is 0 Å². The van der Waals surface area contributed by atoms with Crippen LogP contribution in [0.5, 0.6) is 11.5 Å². The van der Waals surface area contributed by atoms with Gasteiger partial charge in [0.2, 0.25) is 9.47 Å². The Morgan fingerprint density at radius 1 is 1.13 bits per heavy atom. The van der Waals surface area contributed by atoms with Gasteiger partial charge in [-0.15, -0.1) is 10.2 Å². The maximum Gasteiger partial charge on any atom is 0.270 e. The highest BCUT2D eigenvalue weighted by Crippen LogP contribution is 2.31. The number of carbonyl (C=O) groups is 1. The van der Waals surface area contributed by atoms with E-state index in [1.165, 1.54) is 14.2 Å². The molecular weight excluding hydrogens is 464 g/mol. The molecule has 3 rings (SSSR count). The summed E-state index contributed by atoms with van der Waals surface area (Å²) in [6, 6.07) is 10.9. The fourth-order valence-corrected chi connectivity index (χ4v) is 5.06. The van der Waals surface area contributed by atoms with Crippen molar-refractivity contribution in [2.45, 2.75) is 17.3 Å². The molecule has 0 aliphatic heterocycles. The molecule has 0 spiro atoms. The number of hydrogen-bond acceptors (Lipinski definition) is 8. The predicted molar refractivity (Wildman–Crippen MR) is 118 cm³/mol. The second kappa shape index (κ2) is 9.60. The monoisotopic (exact) mass is 482 g/mol. The molecule has 12 heteroatoms. The van der Waals surface area contributed by atoms with E-state index in [9.17, 15) is 13.2 Å². The Bertz CT molecular complexity index is 1200. The van der Waals surface area contributed by atoms with Crippen molar-refractivity contribution in [3.05, 3.63) is 58.6 Å². The van der Waals surface area contributed by atoms with Crippen LogP contribution in [0.25, 0.3) is 0 Å². The van der Waals surface area contributed by atoms with Crippen molar-refractivity contribution in [3.63, 3.8) is 0 Å². The molecule has 0 fully saturated rings. The van der Waals surface area contributed by atoms with Gasteiger partial charge in [0.15, 0.2) is 0 Å². The number of benzene rings is 2. The molecule has 0 radical (unpaired) electrons. The van der Waals surface area contributed by atoms with E-state index < -0.39 is 22.0 Å². The van der Waals surface area contributed by atoms with E-state index in [4.69, 9.17) is 21.1 Å². The van der Waals surface area contributed by atoms with E-state index in [2.05, 4.69) is 20.2 Å². The normalized spacial score (nSPS) is 12.3. The lowest BCUT2D eigenvalue weighted by molar-refractivity contribution is 0.102. The van der Waals surface area contributed by atoms with Gasteiger partial charge >= 0.3 is 0 Å². The Morgan fingerprint density at radius 2 is 1.87 bits per heavy atom. The topological polar surface area (TPSA) is 120 Å². The third-order valence-electron chi connectivity index (χ3n) is 4.21. The molecule has 3 aromatic rings. The summed E-state index contributed by atoms with van der Waals surface area (Å²) in [5.74, 6) is 0.538. The van der Waals surface area contributed by atoms with Gasteiger partial charge in [0, 0.05) is 11.6 Å². The zero-order valence-electron chi connectivity index (χ0n) is 16.7. The third kappa shape index (κ3) is 5.31. The first-order valence-electron chi connectivity index (χ1n) is 8.88. The molecule has 2 N–H and O–H groups in total. The first-order chi connectivity index (χ1) is 14.7. The van der Waals surface area contributed by atoms with E-state index in [1.54, 1.807) is 49.4 Å². The molecule has 0 saturated heterocycles. The Balaban J connectivity index is 1.77. The van der Waals surface area contributed by atoms with Gasteiger partial charge in [-0.25, -0.2) is 13.1 Å². The largest absolute Gasteiger partial charge is 0.497 e. The average Bonchev–Trinajstić information content (AvgIpc) is 3.22. The fourth-order valence-electron chi connectivity index (χ4n) is 2.70. The van der Waals surface area contributed by atoms with Gasteiger partial charge in [-0.3, -0.25) is 10.1 Å². The highest BCUT2D eigenvalue weighted by molar-refractivity contribution is 7.91. The van der Waals surface area contributed by atoms with Crippen molar-refractivity contribution in [1.29, 1.82) is 0 Å². The molecule has 1 atom stereocenters. The van der Waals surface area contributed by atoms with Gasteiger partial charge < -0.3 is 9.47 Å². The number of nitrogens with zero attached hydrogens (tertiary/aromatic N) is 2. The number of amides is 1. The van der Waals surface area contributed by atoms with Crippen LogP contribution in [0.2, 0.25) is 5.02 Å². The minimum absolute atomic E-state index is 0.0249. The summed E-state index contributed by atoms with van der Waals surface area (Å²) < 4.78 is 38.3. The zero-order chi connectivity index (χ0) is 22.6. The number of hydrogen-bond donors (Lipinski definition) is 2. The second-order valence-corrected chi connectivity index (χ2v) is 9.53. The van der Waals surface area contributed by atoms with Gasteiger partial charge in [0.1, 0.15) is 11.5 Å². The average molecular weight is 483 g/mol. The maximum atomic E-state index is 12.8. The van der Waals surface area contributed by atoms with Crippen LogP contribution in [0.15, 0.2) is 46.8 Å². The molecule has 0 bridgehead atoms. The Morgan fingerprint density at radius 3 is 2.55 bits per heavy atom. The van der Waals surface area contributed by atoms with E-state index >= 15 is 0 Å². The van der Waals surface area contributed by atoms with E-state index in [0.29, 0.717) is 17.1 Å². The lowest BCUT2D eigenvalue weighted by Crippen LogP contribution is -2.27. The van der Waals surface area contributed by atoms with Gasteiger partial charge in [0.25, 0.3) is 15.9 Å². The Hall–Kier alpha value is -2.73. The van der Waals surface area contributed by atoms with Crippen molar-refractivity contribution in [3.8, 4) is 11.5 Å². The molecule has 0 unspecified atom stereocenters. The summed E-state index contributed by atoms with van der Waals surface area (Å²) in [4.78, 5) is 12.3. The van der Waals surface area contributed by atoms with Crippen molar-refractivity contribution >= 4 is 44.0 Å². The molecule has 0 aliphatic rings. The number of halogens is 1. The van der Waals surface area contributed by atoms with Crippen LogP contribution in [0.1, 0.15) is 28.9 Å². The van der Waals surface area contributed by atoms with E-state index in [1.807, 2.05) is 0 Å². The quantitative estimate of drug-likeness (QED) is 0.471. The summed E-state index contributed by atoms with van der Waals surface area (Å²) in [6.07, 6.45) is 0. The van der Waals surface area contributed by atoms with E-state index in [-0.39, 0.29) is 20.1 Å². The smallest absolute Gasteiger partial charge is 0.270 e. The summed E-state index contributed by atoms with van der Waals surface area (Å²) >= 11 is 6.73. The molecule has 164 valence electrons. The summed E-state index contributed by atoms with van der Waals surface area (Å²) in [6.45, 7) is 1.66. The lowest BCUT2D eigenvalue weighted by atomic mass is 10.1. The van der Waals surface area contributed by atoms with Crippen LogP contribution < -0.4 is 19.5 Å². The van der Waals surface area contributed by atoms with Gasteiger partial charge in [-0.1, -0.05) is 35.1 Å². The van der Waals surface area contributed by atoms with E-state index in [0.717, 1.165) is 11.3 Å². The van der Waals surface area contributed by atoms with Crippen LogP contribution in [-0.2, 0) is 10.0 Å². The molecule has 1 heterocycles. The standard InChI is InChI=1S/C19H19ClN4O5S2/c1-11(14-10-12(28-2)8-9-16(14)29-3)24-31(26,27)19-23-22-18(30-19)21-17(25)13-6-4-5-7-15(13)20/h4-11,24H,1-3H3,(H,21,22,25)/t11-/m0/s1. The second-order valence-electron chi connectivity index (χ2n) is 6.26. The molecule has 2 aromatic carbocycles. The molecule has 0 saturated carbocycles. The van der Waals surface area contributed by atoms with Crippen molar-refractivity contribution in [1.82, 2.24) is 14.9 Å². The predicted octanol–water partition coefficient (Wildman–Crippen LogP) is 3.50. The highest BCUT2D eigenvalue weighted by atomic mass is 35.5. The minimum Gasteiger partial charge on any atom is -0.497 e. The van der Waals surface area contributed by atoms with Crippen LogP contribution >= 0.6 is 22.9 Å². The number of sulfonamides is 1. The van der Waals surface area contributed by atoms with Crippen LogP contribution in [0.4, 0.5) is 5.13 Å². The lowest BCUT2D eigenvalue weighted by Gasteiger charge is -2.17. The number of anilines is 1. The van der Waals surface area contributed by atoms with Gasteiger partial charge in [0.05, 0.1) is 24.8 Å². The first kappa shape index (κ1) is 22.9. The van der Waals surface area contributed by atoms with Crippen LogP contribution in [-0.4, -0.2) is 38.7 Å². The molecule has 31 heavy (non-hydrogen) atoms. The SMILES string of the molecule is COc1ccc(OC)c([C@H](C)NS(=O)(=O)c2nnc(NC(=O)c3ccccc3Cl)s2)c1. The Labute approximate surface area is 188 Å². The molecule has 9 nitrogen and oxygen atoms in total. The number of aromatic nitrogens is 2. The van der Waals surface area contributed by atoms with Crippen LogP contribution in [0.3, 0.4) is 0 Å². The number of ether oxygens (including phenoxy) is 2.